The fourth-order valence-corrected chi connectivity index (χ4v) is 1.64. The Kier molecular flexibility index (Phi) is 6.36. The van der Waals surface area contributed by atoms with Crippen molar-refractivity contribution in [3.8, 4) is 5.75 Å². The minimum absolute atomic E-state index is 0.102. The molecule has 4 nitrogen and oxygen atoms in total. The Balaban J connectivity index is 2.27. The molecular formula is C15H23NO3. The lowest BCUT2D eigenvalue weighted by atomic mass is 10.0. The van der Waals surface area contributed by atoms with Gasteiger partial charge in [-0.15, -0.1) is 0 Å². The number of aliphatic hydroxyl groups is 1. The number of carbonyl (C=O) groups excluding carboxylic acids is 1. The van der Waals surface area contributed by atoms with Crippen LogP contribution in [-0.2, 0) is 11.2 Å². The van der Waals surface area contributed by atoms with Crippen LogP contribution in [0.2, 0.25) is 0 Å². The van der Waals surface area contributed by atoms with Gasteiger partial charge in [0.25, 0.3) is 0 Å². The fraction of sp³-hybridized carbons (Fsp3) is 0.533. The first-order valence-electron chi connectivity index (χ1n) is 6.60. The molecule has 0 saturated carbocycles. The van der Waals surface area contributed by atoms with E-state index in [9.17, 15) is 9.90 Å². The Morgan fingerprint density at radius 1 is 1.32 bits per heavy atom. The molecule has 0 saturated heterocycles. The first kappa shape index (κ1) is 15.5. The largest absolute Gasteiger partial charge is 0.497 e. The molecule has 1 amide bonds. The number of amides is 1. The third-order valence-electron chi connectivity index (χ3n) is 3.06. The lowest BCUT2D eigenvalue weighted by molar-refractivity contribution is -0.123. The van der Waals surface area contributed by atoms with Crippen LogP contribution in [0.5, 0.6) is 5.75 Å². The van der Waals surface area contributed by atoms with Gasteiger partial charge in [-0.3, -0.25) is 4.79 Å². The van der Waals surface area contributed by atoms with Gasteiger partial charge in [0.1, 0.15) is 5.75 Å². The minimum atomic E-state index is -0.569. The van der Waals surface area contributed by atoms with Gasteiger partial charge < -0.3 is 15.2 Å². The van der Waals surface area contributed by atoms with E-state index in [4.69, 9.17) is 4.74 Å². The molecule has 1 rings (SSSR count). The van der Waals surface area contributed by atoms with E-state index in [1.807, 2.05) is 38.1 Å². The van der Waals surface area contributed by atoms with Crippen LogP contribution in [0.15, 0.2) is 24.3 Å². The Hall–Kier alpha value is -1.55. The van der Waals surface area contributed by atoms with Gasteiger partial charge in [0.05, 0.1) is 19.6 Å². The van der Waals surface area contributed by atoms with Crippen LogP contribution in [0.1, 0.15) is 25.8 Å². The zero-order valence-corrected chi connectivity index (χ0v) is 11.8. The molecule has 0 fully saturated rings. The number of hydrogen-bond donors (Lipinski definition) is 2. The quantitative estimate of drug-likeness (QED) is 0.790. The van der Waals surface area contributed by atoms with E-state index in [0.717, 1.165) is 17.7 Å². The summed E-state index contributed by atoms with van der Waals surface area (Å²) in [6.45, 7) is 4.38. The zero-order chi connectivity index (χ0) is 14.3. The van der Waals surface area contributed by atoms with Gasteiger partial charge in [-0.1, -0.05) is 26.0 Å². The molecule has 0 bridgehead atoms. The highest BCUT2D eigenvalue weighted by atomic mass is 16.5. The molecule has 0 aliphatic rings. The van der Waals surface area contributed by atoms with Crippen molar-refractivity contribution >= 4 is 5.91 Å². The smallest absolute Gasteiger partial charge is 0.222 e. The van der Waals surface area contributed by atoms with Crippen molar-refractivity contribution in [3.05, 3.63) is 29.8 Å². The zero-order valence-electron chi connectivity index (χ0n) is 11.8. The summed E-state index contributed by atoms with van der Waals surface area (Å²) in [5.41, 5.74) is 1.14. The van der Waals surface area contributed by atoms with Gasteiger partial charge >= 0.3 is 0 Å². The maximum atomic E-state index is 11.6. The Morgan fingerprint density at radius 2 is 1.95 bits per heavy atom. The molecule has 0 heterocycles. The van der Waals surface area contributed by atoms with Gasteiger partial charge in [0.2, 0.25) is 5.91 Å². The Labute approximate surface area is 114 Å². The molecule has 2 N–H and O–H groups in total. The van der Waals surface area contributed by atoms with Crippen molar-refractivity contribution in [2.45, 2.75) is 32.8 Å². The molecule has 1 aromatic carbocycles. The van der Waals surface area contributed by atoms with Crippen molar-refractivity contribution < 1.29 is 14.6 Å². The number of ether oxygens (including phenoxy) is 1. The number of carbonyl (C=O) groups is 1. The maximum Gasteiger partial charge on any atom is 0.222 e. The second kappa shape index (κ2) is 7.79. The highest BCUT2D eigenvalue weighted by Gasteiger charge is 2.13. The average molecular weight is 265 g/mol. The predicted molar refractivity (Wildman–Crippen MR) is 75.2 cm³/mol. The molecule has 0 radical (unpaired) electrons. The first-order chi connectivity index (χ1) is 9.02. The van der Waals surface area contributed by atoms with Crippen molar-refractivity contribution in [3.63, 3.8) is 0 Å². The van der Waals surface area contributed by atoms with Crippen molar-refractivity contribution in [1.82, 2.24) is 5.32 Å². The molecule has 0 aromatic heterocycles. The average Bonchev–Trinajstić information content (AvgIpc) is 2.39. The van der Waals surface area contributed by atoms with Crippen LogP contribution in [-0.4, -0.2) is 30.8 Å². The lowest BCUT2D eigenvalue weighted by Gasteiger charge is -2.13. The van der Waals surface area contributed by atoms with Gasteiger partial charge in [0, 0.05) is 6.54 Å². The van der Waals surface area contributed by atoms with E-state index in [0.29, 0.717) is 6.54 Å². The topological polar surface area (TPSA) is 58.6 Å². The van der Waals surface area contributed by atoms with Gasteiger partial charge in [0.15, 0.2) is 0 Å². The third kappa shape index (κ3) is 5.75. The van der Waals surface area contributed by atoms with E-state index in [2.05, 4.69) is 5.32 Å². The molecule has 4 heteroatoms. The SMILES string of the molecule is COc1ccc(CCNC(=O)CC(O)C(C)C)cc1. The summed E-state index contributed by atoms with van der Waals surface area (Å²) in [6.07, 6.45) is 0.370. The molecule has 0 aliphatic carbocycles. The summed E-state index contributed by atoms with van der Waals surface area (Å²) < 4.78 is 5.08. The molecule has 0 spiro atoms. The number of benzene rings is 1. The molecule has 106 valence electrons. The van der Waals surface area contributed by atoms with Crippen molar-refractivity contribution in [2.24, 2.45) is 5.92 Å². The highest BCUT2D eigenvalue weighted by molar-refractivity contribution is 5.76. The number of hydrogen-bond acceptors (Lipinski definition) is 3. The van der Waals surface area contributed by atoms with E-state index < -0.39 is 6.10 Å². The van der Waals surface area contributed by atoms with Crippen LogP contribution in [0.3, 0.4) is 0 Å². The number of rotatable bonds is 7. The van der Waals surface area contributed by atoms with E-state index in [1.54, 1.807) is 7.11 Å². The third-order valence-corrected chi connectivity index (χ3v) is 3.06. The van der Waals surface area contributed by atoms with E-state index >= 15 is 0 Å². The summed E-state index contributed by atoms with van der Waals surface area (Å²) in [4.78, 5) is 11.6. The van der Waals surface area contributed by atoms with Crippen LogP contribution < -0.4 is 10.1 Å². The van der Waals surface area contributed by atoms with Crippen LogP contribution in [0, 0.1) is 5.92 Å². The van der Waals surface area contributed by atoms with Gasteiger partial charge in [-0.25, -0.2) is 0 Å². The van der Waals surface area contributed by atoms with Crippen molar-refractivity contribution in [2.75, 3.05) is 13.7 Å². The van der Waals surface area contributed by atoms with Crippen LogP contribution in [0.4, 0.5) is 0 Å². The van der Waals surface area contributed by atoms with E-state index in [-0.39, 0.29) is 18.2 Å². The monoisotopic (exact) mass is 265 g/mol. The van der Waals surface area contributed by atoms with Crippen molar-refractivity contribution in [1.29, 1.82) is 0 Å². The predicted octanol–water partition coefficient (Wildman–Crippen LogP) is 1.76. The lowest BCUT2D eigenvalue weighted by Crippen LogP contribution is -2.30. The van der Waals surface area contributed by atoms with Gasteiger partial charge in [-0.2, -0.15) is 0 Å². The fourth-order valence-electron chi connectivity index (χ4n) is 1.64. The number of nitrogens with one attached hydrogen (secondary N) is 1. The Bertz CT molecular complexity index is 387. The second-order valence-electron chi connectivity index (χ2n) is 4.96. The molecule has 1 unspecified atom stereocenters. The summed E-state index contributed by atoms with van der Waals surface area (Å²) in [5.74, 6) is 0.829. The highest BCUT2D eigenvalue weighted by Crippen LogP contribution is 2.11. The minimum Gasteiger partial charge on any atom is -0.497 e. The maximum absolute atomic E-state index is 11.6. The number of aliphatic hydroxyl groups excluding tert-OH is 1. The second-order valence-corrected chi connectivity index (χ2v) is 4.96. The number of methoxy groups -OCH3 is 1. The molecule has 19 heavy (non-hydrogen) atoms. The Morgan fingerprint density at radius 3 is 2.47 bits per heavy atom. The van der Waals surface area contributed by atoms with Crippen LogP contribution in [0.25, 0.3) is 0 Å². The van der Waals surface area contributed by atoms with Gasteiger partial charge in [-0.05, 0) is 30.0 Å². The van der Waals surface area contributed by atoms with Crippen LogP contribution >= 0.6 is 0 Å². The molecule has 0 aliphatic heterocycles. The summed E-state index contributed by atoms with van der Waals surface area (Å²) in [6, 6.07) is 7.77. The standard InChI is InChI=1S/C15H23NO3/c1-11(2)14(17)10-15(18)16-9-8-12-4-6-13(19-3)7-5-12/h4-7,11,14,17H,8-10H2,1-3H3,(H,16,18). The first-order valence-corrected chi connectivity index (χ1v) is 6.60. The van der Waals surface area contributed by atoms with E-state index in [1.165, 1.54) is 0 Å². The summed E-state index contributed by atoms with van der Waals surface area (Å²) in [5, 5.41) is 12.4. The normalized spacial score (nSPS) is 12.3. The summed E-state index contributed by atoms with van der Waals surface area (Å²) >= 11 is 0. The summed E-state index contributed by atoms with van der Waals surface area (Å²) in [7, 11) is 1.63. The molecule has 1 atom stereocenters. The molecule has 1 aromatic rings. The molecular weight excluding hydrogens is 242 g/mol.